The van der Waals surface area contributed by atoms with Crippen molar-refractivity contribution in [1.82, 2.24) is 20.6 Å². The number of benzene rings is 4. The quantitative estimate of drug-likeness (QED) is 0.144. The molecule has 3 atom stereocenters. The molecule has 44 heavy (non-hydrogen) atoms. The number of carbonyl (C=O) groups is 2. The number of carbonyl (C=O) groups excluding carboxylic acids is 1. The SMILES string of the molecule is O=C(O)N[C@H](C(=O)Nc1ccccc1CC[C@@H]1CN[C@H](c2nc3ccccc3[nH]2)CO1)C(c1ccccc1)c1ccccc1. The number of para-hydroxylation sites is 3. The second kappa shape index (κ2) is 13.5. The molecule has 1 aromatic heterocycles. The minimum atomic E-state index is -1.27. The molecule has 2 amide bonds. The number of anilines is 1. The van der Waals surface area contributed by atoms with Gasteiger partial charge in [-0.05, 0) is 47.7 Å². The van der Waals surface area contributed by atoms with Gasteiger partial charge in [-0.3, -0.25) is 4.79 Å². The monoisotopic (exact) mass is 589 g/mol. The average molecular weight is 590 g/mol. The molecule has 5 aromatic rings. The number of nitrogens with one attached hydrogen (secondary N) is 4. The Morgan fingerprint density at radius 1 is 0.886 bits per heavy atom. The highest BCUT2D eigenvalue weighted by molar-refractivity contribution is 5.98. The third-order valence-corrected chi connectivity index (χ3v) is 8.05. The largest absolute Gasteiger partial charge is 0.465 e. The summed E-state index contributed by atoms with van der Waals surface area (Å²) in [5.41, 5.74) is 5.22. The van der Waals surface area contributed by atoms with Crippen molar-refractivity contribution in [3.8, 4) is 0 Å². The number of fused-ring (bicyclic) bond motifs is 1. The van der Waals surface area contributed by atoms with Crippen molar-refractivity contribution in [3.63, 3.8) is 0 Å². The molecule has 1 saturated heterocycles. The van der Waals surface area contributed by atoms with Crippen molar-refractivity contribution in [2.24, 2.45) is 0 Å². The van der Waals surface area contributed by atoms with E-state index in [0.29, 0.717) is 25.3 Å². The van der Waals surface area contributed by atoms with Gasteiger partial charge in [0.05, 0.1) is 29.8 Å². The number of imidazole rings is 1. The average Bonchev–Trinajstić information content (AvgIpc) is 3.50. The first-order valence-corrected chi connectivity index (χ1v) is 14.8. The summed E-state index contributed by atoms with van der Waals surface area (Å²) >= 11 is 0. The lowest BCUT2D eigenvalue weighted by atomic mass is 9.84. The Hall–Kier alpha value is -4.99. The molecule has 0 aliphatic carbocycles. The Labute approximate surface area is 255 Å². The van der Waals surface area contributed by atoms with Crippen molar-refractivity contribution >= 4 is 28.7 Å². The van der Waals surface area contributed by atoms with Crippen molar-refractivity contribution in [2.75, 3.05) is 18.5 Å². The minimum Gasteiger partial charge on any atom is -0.465 e. The molecular formula is C35H35N5O4. The number of hydrogen-bond acceptors (Lipinski definition) is 5. The van der Waals surface area contributed by atoms with Crippen LogP contribution in [-0.4, -0.2) is 52.4 Å². The Balaban J connectivity index is 1.13. The standard InChI is InChI=1S/C35H35N5O4/c41-34(32(40-35(42)43)31(24-12-3-1-4-13-24)25-14-5-2-6-15-25)39-27-16-8-7-11-23(27)19-20-26-21-36-30(22-44-26)33-37-28-17-9-10-18-29(28)38-33/h1-18,26,30-32,36,40H,19-22H2,(H,37,38)(H,39,41)(H,42,43)/t26-,30+,32+/m1/s1. The van der Waals surface area contributed by atoms with Gasteiger partial charge in [-0.2, -0.15) is 0 Å². The van der Waals surface area contributed by atoms with Crippen molar-refractivity contribution in [3.05, 3.63) is 132 Å². The third kappa shape index (κ3) is 6.80. The van der Waals surface area contributed by atoms with Gasteiger partial charge < -0.3 is 30.8 Å². The van der Waals surface area contributed by atoms with E-state index in [4.69, 9.17) is 9.72 Å². The molecule has 1 aliphatic heterocycles. The van der Waals surface area contributed by atoms with Crippen LogP contribution in [0.4, 0.5) is 10.5 Å². The fourth-order valence-electron chi connectivity index (χ4n) is 5.84. The van der Waals surface area contributed by atoms with Crippen LogP contribution in [0.15, 0.2) is 109 Å². The van der Waals surface area contributed by atoms with Crippen LogP contribution < -0.4 is 16.0 Å². The fourth-order valence-corrected chi connectivity index (χ4v) is 5.84. The van der Waals surface area contributed by atoms with Gasteiger partial charge in [0.1, 0.15) is 11.9 Å². The highest BCUT2D eigenvalue weighted by atomic mass is 16.5. The molecule has 9 heteroatoms. The summed E-state index contributed by atoms with van der Waals surface area (Å²) in [4.78, 5) is 33.8. The number of nitrogens with zero attached hydrogens (tertiary/aromatic N) is 1. The van der Waals surface area contributed by atoms with Crippen LogP contribution in [0.2, 0.25) is 0 Å². The zero-order valence-electron chi connectivity index (χ0n) is 24.1. The zero-order chi connectivity index (χ0) is 30.3. The fraction of sp³-hybridized carbons (Fsp3) is 0.229. The number of aryl methyl sites for hydroxylation is 1. The number of rotatable bonds is 10. The lowest BCUT2D eigenvalue weighted by Crippen LogP contribution is -2.47. The number of aromatic nitrogens is 2. The summed E-state index contributed by atoms with van der Waals surface area (Å²) < 4.78 is 6.21. The van der Waals surface area contributed by atoms with Gasteiger partial charge in [0.2, 0.25) is 5.91 Å². The van der Waals surface area contributed by atoms with Gasteiger partial charge >= 0.3 is 6.09 Å². The van der Waals surface area contributed by atoms with Gasteiger partial charge in [-0.1, -0.05) is 91.0 Å². The van der Waals surface area contributed by atoms with E-state index in [1.165, 1.54) is 0 Å². The van der Waals surface area contributed by atoms with Crippen LogP contribution in [0.1, 0.15) is 40.9 Å². The zero-order valence-corrected chi connectivity index (χ0v) is 24.1. The number of carboxylic acid groups (broad SMARTS) is 1. The first-order chi connectivity index (χ1) is 21.5. The molecule has 0 bridgehead atoms. The van der Waals surface area contributed by atoms with Crippen LogP contribution in [-0.2, 0) is 16.0 Å². The number of hydrogen-bond donors (Lipinski definition) is 5. The molecular weight excluding hydrogens is 554 g/mol. The normalized spacial score (nSPS) is 17.3. The molecule has 9 nitrogen and oxygen atoms in total. The topological polar surface area (TPSA) is 128 Å². The lowest BCUT2D eigenvalue weighted by molar-refractivity contribution is -0.118. The van der Waals surface area contributed by atoms with Crippen LogP contribution in [0.3, 0.4) is 0 Å². The van der Waals surface area contributed by atoms with Crippen LogP contribution >= 0.6 is 0 Å². The molecule has 5 N–H and O–H groups in total. The molecule has 0 unspecified atom stereocenters. The minimum absolute atomic E-state index is 0.00125. The maximum Gasteiger partial charge on any atom is 0.405 e. The molecule has 4 aromatic carbocycles. The Bertz CT molecular complexity index is 1630. The van der Waals surface area contributed by atoms with Crippen molar-refractivity contribution in [1.29, 1.82) is 0 Å². The first kappa shape index (κ1) is 29.1. The molecule has 0 saturated carbocycles. The smallest absolute Gasteiger partial charge is 0.405 e. The number of morpholine rings is 1. The van der Waals surface area contributed by atoms with Gasteiger partial charge in [0, 0.05) is 18.2 Å². The summed E-state index contributed by atoms with van der Waals surface area (Å²) in [6.45, 7) is 1.18. The predicted molar refractivity (Wildman–Crippen MR) is 170 cm³/mol. The van der Waals surface area contributed by atoms with Gasteiger partial charge in [-0.15, -0.1) is 0 Å². The summed E-state index contributed by atoms with van der Waals surface area (Å²) in [5.74, 6) is -0.0876. The number of ether oxygens (including phenoxy) is 1. The summed E-state index contributed by atoms with van der Waals surface area (Å²) in [6.07, 6.45) is 0.162. The van der Waals surface area contributed by atoms with Gasteiger partial charge in [0.15, 0.2) is 0 Å². The van der Waals surface area contributed by atoms with E-state index in [2.05, 4.69) is 20.9 Å². The van der Waals surface area contributed by atoms with E-state index >= 15 is 0 Å². The van der Waals surface area contributed by atoms with E-state index in [1.54, 1.807) is 0 Å². The maximum absolute atomic E-state index is 13.8. The van der Waals surface area contributed by atoms with E-state index in [9.17, 15) is 14.7 Å². The molecule has 0 radical (unpaired) electrons. The van der Waals surface area contributed by atoms with Crippen molar-refractivity contribution in [2.45, 2.75) is 36.9 Å². The number of amides is 2. The van der Waals surface area contributed by atoms with Crippen molar-refractivity contribution < 1.29 is 19.4 Å². The van der Waals surface area contributed by atoms with E-state index in [0.717, 1.165) is 40.0 Å². The van der Waals surface area contributed by atoms with Gasteiger partial charge in [-0.25, -0.2) is 9.78 Å². The van der Waals surface area contributed by atoms with Crippen LogP contribution in [0.25, 0.3) is 11.0 Å². The van der Waals surface area contributed by atoms with E-state index < -0.39 is 24.0 Å². The second-order valence-electron chi connectivity index (χ2n) is 11.0. The van der Waals surface area contributed by atoms with E-state index in [-0.39, 0.29) is 12.1 Å². The molecule has 6 rings (SSSR count). The number of H-pyrrole nitrogens is 1. The Kier molecular flexibility index (Phi) is 8.95. The summed E-state index contributed by atoms with van der Waals surface area (Å²) in [5, 5.41) is 18.8. The number of aromatic amines is 1. The lowest BCUT2D eigenvalue weighted by Gasteiger charge is -2.30. The first-order valence-electron chi connectivity index (χ1n) is 14.8. The second-order valence-corrected chi connectivity index (χ2v) is 11.0. The predicted octanol–water partition coefficient (Wildman–Crippen LogP) is 5.63. The highest BCUT2D eigenvalue weighted by Gasteiger charge is 2.33. The summed E-state index contributed by atoms with van der Waals surface area (Å²) in [6, 6.07) is 33.5. The van der Waals surface area contributed by atoms with Crippen LogP contribution in [0, 0.1) is 0 Å². The molecule has 1 aliphatic rings. The van der Waals surface area contributed by atoms with Gasteiger partial charge in [0.25, 0.3) is 0 Å². The third-order valence-electron chi connectivity index (χ3n) is 8.05. The highest BCUT2D eigenvalue weighted by Crippen LogP contribution is 2.30. The van der Waals surface area contributed by atoms with Crippen LogP contribution in [0.5, 0.6) is 0 Å². The molecule has 224 valence electrons. The maximum atomic E-state index is 13.8. The molecule has 0 spiro atoms. The van der Waals surface area contributed by atoms with E-state index in [1.807, 2.05) is 109 Å². The summed E-state index contributed by atoms with van der Waals surface area (Å²) in [7, 11) is 0. The molecule has 1 fully saturated rings. The molecule has 2 heterocycles. The Morgan fingerprint density at radius 2 is 1.55 bits per heavy atom. The Morgan fingerprint density at radius 3 is 2.20 bits per heavy atom.